The third kappa shape index (κ3) is 5.20. The molecule has 1 atom stereocenters. The van der Waals surface area contributed by atoms with Gasteiger partial charge in [-0.1, -0.05) is 39.5 Å². The van der Waals surface area contributed by atoms with Gasteiger partial charge in [0.25, 0.3) is 5.56 Å². The average Bonchev–Trinajstić information content (AvgIpc) is 3.17. The van der Waals surface area contributed by atoms with Crippen LogP contribution in [0.5, 0.6) is 0 Å². The quantitative estimate of drug-likeness (QED) is 0.601. The zero-order valence-electron chi connectivity index (χ0n) is 17.1. The summed E-state index contributed by atoms with van der Waals surface area (Å²) >= 11 is 1.48. The van der Waals surface area contributed by atoms with Crippen LogP contribution in [0.25, 0.3) is 4.96 Å². The molecule has 0 aliphatic carbocycles. The smallest absolute Gasteiger partial charge is 0.258 e. The Hall–Kier alpha value is -1.73. The number of hydrogen-bond donors (Lipinski definition) is 0. The third-order valence-electron chi connectivity index (χ3n) is 5.67. The standard InChI is InChI=1S/C21H32N4O2S/c1-3-5-6-7-8-17(4-2)20(27)24-11-9-23(10-12-24)16-18-15-19(26)25-13-14-28-21(25)22-18/h13-15,17H,3-12,16H2,1-2H3. The summed E-state index contributed by atoms with van der Waals surface area (Å²) in [4.78, 5) is 34.7. The van der Waals surface area contributed by atoms with Gasteiger partial charge in [-0.25, -0.2) is 4.98 Å². The largest absolute Gasteiger partial charge is 0.340 e. The van der Waals surface area contributed by atoms with Crippen molar-refractivity contribution in [1.29, 1.82) is 0 Å². The molecule has 0 N–H and O–H groups in total. The number of aromatic nitrogens is 2. The number of nitrogens with zero attached hydrogens (tertiary/aromatic N) is 4. The van der Waals surface area contributed by atoms with Crippen LogP contribution in [-0.2, 0) is 11.3 Å². The highest BCUT2D eigenvalue weighted by atomic mass is 32.1. The molecule has 3 heterocycles. The predicted octanol–water partition coefficient (Wildman–Crippen LogP) is 3.40. The molecule has 0 aromatic carbocycles. The zero-order valence-corrected chi connectivity index (χ0v) is 17.9. The van der Waals surface area contributed by atoms with Gasteiger partial charge in [-0.2, -0.15) is 0 Å². The predicted molar refractivity (Wildman–Crippen MR) is 114 cm³/mol. The Labute approximate surface area is 171 Å². The monoisotopic (exact) mass is 404 g/mol. The minimum absolute atomic E-state index is 0.0241. The molecule has 154 valence electrons. The van der Waals surface area contributed by atoms with E-state index in [1.165, 1.54) is 30.6 Å². The van der Waals surface area contributed by atoms with Gasteiger partial charge in [0, 0.05) is 56.3 Å². The highest BCUT2D eigenvalue weighted by Crippen LogP contribution is 2.19. The Morgan fingerprint density at radius 2 is 1.96 bits per heavy atom. The first kappa shape index (κ1) is 21.0. The lowest BCUT2D eigenvalue weighted by Crippen LogP contribution is -2.50. The van der Waals surface area contributed by atoms with Crippen LogP contribution in [-0.4, -0.2) is 51.3 Å². The molecule has 3 rings (SSSR count). The molecule has 0 radical (unpaired) electrons. The molecule has 28 heavy (non-hydrogen) atoms. The van der Waals surface area contributed by atoms with Crippen LogP contribution < -0.4 is 5.56 Å². The van der Waals surface area contributed by atoms with Crippen molar-refractivity contribution >= 4 is 22.2 Å². The molecular formula is C21H32N4O2S. The number of amides is 1. The Morgan fingerprint density at radius 3 is 2.68 bits per heavy atom. The second-order valence-electron chi connectivity index (χ2n) is 7.70. The summed E-state index contributed by atoms with van der Waals surface area (Å²) in [5.41, 5.74) is 0.790. The van der Waals surface area contributed by atoms with Gasteiger partial charge >= 0.3 is 0 Å². The number of thiazole rings is 1. The van der Waals surface area contributed by atoms with E-state index >= 15 is 0 Å². The van der Waals surface area contributed by atoms with Crippen molar-refractivity contribution in [3.8, 4) is 0 Å². The summed E-state index contributed by atoms with van der Waals surface area (Å²) in [5, 5.41) is 1.88. The van der Waals surface area contributed by atoms with Crippen LogP contribution >= 0.6 is 11.3 Å². The Morgan fingerprint density at radius 1 is 1.18 bits per heavy atom. The zero-order chi connectivity index (χ0) is 19.9. The van der Waals surface area contributed by atoms with E-state index in [-0.39, 0.29) is 11.5 Å². The second kappa shape index (κ2) is 10.2. The molecule has 2 aromatic rings. The van der Waals surface area contributed by atoms with E-state index in [9.17, 15) is 9.59 Å². The molecule has 0 bridgehead atoms. The summed E-state index contributed by atoms with van der Waals surface area (Å²) in [7, 11) is 0. The van der Waals surface area contributed by atoms with Gasteiger partial charge < -0.3 is 4.90 Å². The fraction of sp³-hybridized carbons (Fsp3) is 0.667. The number of carbonyl (C=O) groups is 1. The summed E-state index contributed by atoms with van der Waals surface area (Å²) in [5.74, 6) is 0.501. The molecule has 1 aliphatic rings. The minimum Gasteiger partial charge on any atom is -0.340 e. The first-order valence-corrected chi connectivity index (χ1v) is 11.5. The number of fused-ring (bicyclic) bond motifs is 1. The van der Waals surface area contributed by atoms with E-state index in [1.54, 1.807) is 16.7 Å². The van der Waals surface area contributed by atoms with Gasteiger partial charge in [-0.15, -0.1) is 11.3 Å². The van der Waals surface area contributed by atoms with Crippen molar-refractivity contribution in [2.45, 2.75) is 58.9 Å². The van der Waals surface area contributed by atoms with Crippen molar-refractivity contribution in [1.82, 2.24) is 19.2 Å². The van der Waals surface area contributed by atoms with Crippen molar-refractivity contribution in [2.75, 3.05) is 26.2 Å². The maximum atomic E-state index is 12.9. The first-order valence-electron chi connectivity index (χ1n) is 10.6. The van der Waals surface area contributed by atoms with E-state index in [0.717, 1.165) is 56.1 Å². The van der Waals surface area contributed by atoms with Crippen molar-refractivity contribution in [3.05, 3.63) is 33.7 Å². The summed E-state index contributed by atoms with van der Waals surface area (Å²) in [6, 6.07) is 1.63. The average molecular weight is 405 g/mol. The Bertz CT molecular complexity index is 823. The maximum absolute atomic E-state index is 12.9. The lowest BCUT2D eigenvalue weighted by molar-refractivity contribution is -0.137. The van der Waals surface area contributed by atoms with Gasteiger partial charge in [0.15, 0.2) is 4.96 Å². The number of carbonyl (C=O) groups excluding carboxylic acids is 1. The minimum atomic E-state index is -0.0241. The molecule has 2 aromatic heterocycles. The van der Waals surface area contributed by atoms with E-state index in [4.69, 9.17) is 0 Å². The van der Waals surface area contributed by atoms with Crippen LogP contribution in [0, 0.1) is 5.92 Å². The van der Waals surface area contributed by atoms with Crippen LogP contribution in [0.1, 0.15) is 58.1 Å². The SMILES string of the molecule is CCCCCCC(CC)C(=O)N1CCN(Cc2cc(=O)n3ccsc3n2)CC1. The molecule has 0 spiro atoms. The van der Waals surface area contributed by atoms with Crippen LogP contribution in [0.15, 0.2) is 22.4 Å². The first-order chi connectivity index (χ1) is 13.6. The fourth-order valence-electron chi connectivity index (χ4n) is 3.90. The van der Waals surface area contributed by atoms with E-state index in [2.05, 4.69) is 23.7 Å². The number of hydrogen-bond acceptors (Lipinski definition) is 5. The summed E-state index contributed by atoms with van der Waals surface area (Å²) in [6.45, 7) is 8.22. The highest BCUT2D eigenvalue weighted by molar-refractivity contribution is 7.15. The lowest BCUT2D eigenvalue weighted by Gasteiger charge is -2.36. The molecule has 7 heteroatoms. The van der Waals surface area contributed by atoms with E-state index < -0.39 is 0 Å². The molecular weight excluding hydrogens is 372 g/mol. The molecule has 0 saturated carbocycles. The van der Waals surface area contributed by atoms with Crippen molar-refractivity contribution in [3.63, 3.8) is 0 Å². The van der Waals surface area contributed by atoms with Gasteiger partial charge in [-0.05, 0) is 12.8 Å². The second-order valence-corrected chi connectivity index (χ2v) is 8.57. The van der Waals surface area contributed by atoms with Crippen molar-refractivity contribution in [2.24, 2.45) is 5.92 Å². The summed E-state index contributed by atoms with van der Waals surface area (Å²) in [6.07, 6.45) is 8.59. The fourth-order valence-corrected chi connectivity index (χ4v) is 4.64. The highest BCUT2D eigenvalue weighted by Gasteiger charge is 2.26. The Balaban J connectivity index is 1.50. The van der Waals surface area contributed by atoms with Gasteiger partial charge in [0.1, 0.15) is 0 Å². The van der Waals surface area contributed by atoms with Crippen LogP contribution in [0.4, 0.5) is 0 Å². The molecule has 6 nitrogen and oxygen atoms in total. The number of rotatable bonds is 9. The molecule has 1 aliphatic heterocycles. The van der Waals surface area contributed by atoms with E-state index in [1.807, 2.05) is 10.3 Å². The maximum Gasteiger partial charge on any atom is 0.258 e. The van der Waals surface area contributed by atoms with E-state index in [0.29, 0.717) is 12.5 Å². The summed E-state index contributed by atoms with van der Waals surface area (Å²) < 4.78 is 1.58. The molecule has 1 unspecified atom stereocenters. The normalized spacial score (nSPS) is 16.6. The third-order valence-corrected chi connectivity index (χ3v) is 6.43. The molecule has 1 fully saturated rings. The van der Waals surface area contributed by atoms with Gasteiger partial charge in [0.2, 0.25) is 5.91 Å². The van der Waals surface area contributed by atoms with Crippen molar-refractivity contribution < 1.29 is 4.79 Å². The Kier molecular flexibility index (Phi) is 7.62. The van der Waals surface area contributed by atoms with Gasteiger partial charge in [0.05, 0.1) is 5.69 Å². The van der Waals surface area contributed by atoms with Crippen LogP contribution in [0.2, 0.25) is 0 Å². The van der Waals surface area contributed by atoms with Crippen LogP contribution in [0.3, 0.4) is 0 Å². The number of unbranched alkanes of at least 4 members (excludes halogenated alkanes) is 3. The van der Waals surface area contributed by atoms with Gasteiger partial charge in [-0.3, -0.25) is 18.9 Å². The molecule has 1 amide bonds. The molecule has 1 saturated heterocycles. The lowest BCUT2D eigenvalue weighted by atomic mass is 9.96. The number of piperazine rings is 1. The topological polar surface area (TPSA) is 57.9 Å².